The average molecular weight is 257 g/mol. The van der Waals surface area contributed by atoms with Crippen molar-refractivity contribution in [1.29, 1.82) is 0 Å². The smallest absolute Gasteiger partial charge is 0.139 e. The number of hydrogen-bond donors (Lipinski definition) is 0. The Morgan fingerprint density at radius 1 is 1.57 bits per heavy atom. The summed E-state index contributed by atoms with van der Waals surface area (Å²) >= 11 is 3.31. The Bertz CT molecular complexity index is 326. The van der Waals surface area contributed by atoms with E-state index >= 15 is 0 Å². The predicted molar refractivity (Wildman–Crippen MR) is 57.9 cm³/mol. The number of carbonyl (C=O) groups excluding carboxylic acids is 1. The Labute approximate surface area is 92.1 Å². The van der Waals surface area contributed by atoms with Crippen LogP contribution in [0.3, 0.4) is 0 Å². The first kappa shape index (κ1) is 11.3. The van der Waals surface area contributed by atoms with Crippen molar-refractivity contribution in [3.63, 3.8) is 0 Å². The van der Waals surface area contributed by atoms with E-state index in [9.17, 15) is 4.79 Å². The van der Waals surface area contributed by atoms with Crippen molar-refractivity contribution in [2.75, 3.05) is 0 Å². The van der Waals surface area contributed by atoms with E-state index in [0.717, 1.165) is 10.2 Å². The molecule has 0 aliphatic carbocycles. The number of halogens is 1. The fourth-order valence-electron chi connectivity index (χ4n) is 1.18. The van der Waals surface area contributed by atoms with E-state index in [1.54, 1.807) is 6.20 Å². The Kier molecular flexibility index (Phi) is 4.20. The van der Waals surface area contributed by atoms with Crippen LogP contribution in [-0.2, 0) is 11.2 Å². The summed E-state index contributed by atoms with van der Waals surface area (Å²) in [5.74, 6) is 0.627. The maximum atomic E-state index is 11.5. The van der Waals surface area contributed by atoms with Crippen molar-refractivity contribution in [2.45, 2.75) is 26.7 Å². The molecular formula is C10H13BrN2O. The molecule has 0 aliphatic rings. The van der Waals surface area contributed by atoms with Gasteiger partial charge in [-0.1, -0.05) is 13.8 Å². The summed E-state index contributed by atoms with van der Waals surface area (Å²) in [6.45, 7) is 4.07. The first-order valence-corrected chi connectivity index (χ1v) is 5.35. The van der Waals surface area contributed by atoms with E-state index in [0.29, 0.717) is 18.8 Å². The number of rotatable bonds is 4. The molecular weight excluding hydrogens is 244 g/mol. The third-order valence-corrected chi connectivity index (χ3v) is 2.41. The van der Waals surface area contributed by atoms with Crippen molar-refractivity contribution in [2.24, 2.45) is 5.92 Å². The number of ketones is 1. The molecule has 14 heavy (non-hydrogen) atoms. The fraction of sp³-hybridized carbons (Fsp3) is 0.500. The van der Waals surface area contributed by atoms with Crippen LogP contribution in [0.1, 0.15) is 26.0 Å². The van der Waals surface area contributed by atoms with Crippen molar-refractivity contribution >= 4 is 21.7 Å². The molecule has 0 N–H and O–H groups in total. The zero-order valence-electron chi connectivity index (χ0n) is 8.33. The molecule has 0 bridgehead atoms. The third kappa shape index (κ3) is 3.54. The second-order valence-corrected chi connectivity index (χ2v) is 4.49. The van der Waals surface area contributed by atoms with Gasteiger partial charge in [-0.25, -0.2) is 9.97 Å². The van der Waals surface area contributed by atoms with Gasteiger partial charge in [0.25, 0.3) is 0 Å². The first-order valence-electron chi connectivity index (χ1n) is 4.55. The molecule has 1 heterocycles. The van der Waals surface area contributed by atoms with Gasteiger partial charge in [0, 0.05) is 19.0 Å². The van der Waals surface area contributed by atoms with E-state index < -0.39 is 0 Å². The van der Waals surface area contributed by atoms with Crippen LogP contribution in [0.4, 0.5) is 0 Å². The number of aromatic nitrogens is 2. The molecule has 76 valence electrons. The predicted octanol–water partition coefficient (Wildman–Crippen LogP) is 2.40. The van der Waals surface area contributed by atoms with Crippen LogP contribution >= 0.6 is 15.9 Å². The monoisotopic (exact) mass is 256 g/mol. The standard InChI is InChI=1S/C10H13BrN2O/c1-7(2)3-8(14)4-10-9(11)5-12-6-13-10/h5-7H,3-4H2,1-2H3. The minimum absolute atomic E-state index is 0.222. The van der Waals surface area contributed by atoms with Gasteiger partial charge in [-0.2, -0.15) is 0 Å². The summed E-state index contributed by atoms with van der Waals surface area (Å²) in [4.78, 5) is 19.4. The van der Waals surface area contributed by atoms with Gasteiger partial charge in [0.2, 0.25) is 0 Å². The van der Waals surface area contributed by atoms with Crippen LogP contribution in [0.25, 0.3) is 0 Å². The molecule has 1 aromatic rings. The molecule has 0 saturated heterocycles. The van der Waals surface area contributed by atoms with Crippen LogP contribution in [0.15, 0.2) is 17.0 Å². The van der Waals surface area contributed by atoms with Crippen LogP contribution in [-0.4, -0.2) is 15.8 Å². The van der Waals surface area contributed by atoms with Gasteiger partial charge in [-0.05, 0) is 21.8 Å². The van der Waals surface area contributed by atoms with Crippen LogP contribution in [0.5, 0.6) is 0 Å². The lowest BCUT2D eigenvalue weighted by Crippen LogP contribution is -2.08. The van der Waals surface area contributed by atoms with Gasteiger partial charge < -0.3 is 0 Å². The van der Waals surface area contributed by atoms with E-state index in [2.05, 4.69) is 25.9 Å². The highest BCUT2D eigenvalue weighted by Gasteiger charge is 2.09. The second-order valence-electron chi connectivity index (χ2n) is 3.63. The molecule has 1 aromatic heterocycles. The Morgan fingerprint density at radius 3 is 2.86 bits per heavy atom. The van der Waals surface area contributed by atoms with Crippen LogP contribution in [0.2, 0.25) is 0 Å². The molecule has 3 nitrogen and oxygen atoms in total. The summed E-state index contributed by atoms with van der Waals surface area (Å²) in [6, 6.07) is 0. The summed E-state index contributed by atoms with van der Waals surface area (Å²) in [7, 11) is 0. The molecule has 1 rings (SSSR count). The number of hydrogen-bond acceptors (Lipinski definition) is 3. The summed E-state index contributed by atoms with van der Waals surface area (Å²) in [5.41, 5.74) is 0.769. The van der Waals surface area contributed by atoms with Crippen molar-refractivity contribution in [1.82, 2.24) is 9.97 Å². The summed E-state index contributed by atoms with van der Waals surface area (Å²) in [6.07, 6.45) is 4.12. The first-order chi connectivity index (χ1) is 6.59. The average Bonchev–Trinajstić information content (AvgIpc) is 2.07. The van der Waals surface area contributed by atoms with Gasteiger partial charge in [-0.15, -0.1) is 0 Å². The molecule has 0 fully saturated rings. The molecule has 0 amide bonds. The third-order valence-electron chi connectivity index (χ3n) is 1.74. The molecule has 0 saturated carbocycles. The fourth-order valence-corrected chi connectivity index (χ4v) is 1.54. The lowest BCUT2D eigenvalue weighted by molar-refractivity contribution is -0.119. The second kappa shape index (κ2) is 5.20. The Hall–Kier alpha value is -0.770. The molecule has 0 unspecified atom stereocenters. The van der Waals surface area contributed by atoms with E-state index in [-0.39, 0.29) is 5.78 Å². The molecule has 4 heteroatoms. The largest absolute Gasteiger partial charge is 0.299 e. The van der Waals surface area contributed by atoms with Gasteiger partial charge in [-0.3, -0.25) is 4.79 Å². The number of carbonyl (C=O) groups is 1. The Balaban J connectivity index is 2.61. The zero-order chi connectivity index (χ0) is 10.6. The normalized spacial score (nSPS) is 10.6. The highest BCUT2D eigenvalue weighted by Crippen LogP contribution is 2.14. The minimum atomic E-state index is 0.222. The molecule has 0 atom stereocenters. The van der Waals surface area contributed by atoms with E-state index in [1.807, 2.05) is 13.8 Å². The maximum absolute atomic E-state index is 11.5. The van der Waals surface area contributed by atoms with E-state index in [4.69, 9.17) is 0 Å². The van der Waals surface area contributed by atoms with Gasteiger partial charge >= 0.3 is 0 Å². The topological polar surface area (TPSA) is 42.9 Å². The quantitative estimate of drug-likeness (QED) is 0.831. The van der Waals surface area contributed by atoms with Crippen molar-refractivity contribution < 1.29 is 4.79 Å². The van der Waals surface area contributed by atoms with Crippen molar-refractivity contribution in [3.05, 3.63) is 22.7 Å². The molecule has 0 aromatic carbocycles. The molecule has 0 radical (unpaired) electrons. The highest BCUT2D eigenvalue weighted by molar-refractivity contribution is 9.10. The SMILES string of the molecule is CC(C)CC(=O)Cc1ncncc1Br. The molecule has 0 spiro atoms. The van der Waals surface area contributed by atoms with Gasteiger partial charge in [0.15, 0.2) is 0 Å². The molecule has 0 aliphatic heterocycles. The number of nitrogens with zero attached hydrogens (tertiary/aromatic N) is 2. The van der Waals surface area contributed by atoms with Gasteiger partial charge in [0.05, 0.1) is 10.2 Å². The Morgan fingerprint density at radius 2 is 2.29 bits per heavy atom. The van der Waals surface area contributed by atoms with Crippen LogP contribution < -0.4 is 0 Å². The van der Waals surface area contributed by atoms with Crippen molar-refractivity contribution in [3.8, 4) is 0 Å². The zero-order valence-corrected chi connectivity index (χ0v) is 9.91. The maximum Gasteiger partial charge on any atom is 0.139 e. The lowest BCUT2D eigenvalue weighted by Gasteiger charge is -2.04. The van der Waals surface area contributed by atoms with E-state index in [1.165, 1.54) is 6.33 Å². The summed E-state index contributed by atoms with van der Waals surface area (Å²) < 4.78 is 0.803. The lowest BCUT2D eigenvalue weighted by atomic mass is 10.0. The van der Waals surface area contributed by atoms with Gasteiger partial charge in [0.1, 0.15) is 12.1 Å². The minimum Gasteiger partial charge on any atom is -0.299 e. The number of Topliss-reactive ketones (excluding diaryl/α,β-unsaturated/α-hetero) is 1. The highest BCUT2D eigenvalue weighted by atomic mass is 79.9. The summed E-state index contributed by atoms with van der Waals surface area (Å²) in [5, 5.41) is 0. The van der Waals surface area contributed by atoms with Crippen LogP contribution in [0, 0.1) is 5.92 Å².